The molecular weight excluding hydrogens is 447 g/mol. The minimum Gasteiger partial charge on any atom is -0.376 e. The molecule has 1 heterocycles. The lowest BCUT2D eigenvalue weighted by Crippen LogP contribution is -2.48. The van der Waals surface area contributed by atoms with Crippen LogP contribution in [0.25, 0.3) is 0 Å². The van der Waals surface area contributed by atoms with Crippen LogP contribution in [0.5, 0.6) is 0 Å². The molecule has 0 spiro atoms. The van der Waals surface area contributed by atoms with Gasteiger partial charge in [0, 0.05) is 42.0 Å². The van der Waals surface area contributed by atoms with Gasteiger partial charge < -0.3 is 20.6 Å². The van der Waals surface area contributed by atoms with E-state index in [4.69, 9.17) is 5.73 Å². The van der Waals surface area contributed by atoms with Gasteiger partial charge in [0.25, 0.3) is 5.91 Å². The van der Waals surface area contributed by atoms with Crippen molar-refractivity contribution in [3.63, 3.8) is 0 Å². The third kappa shape index (κ3) is 4.75. The molecule has 4 rings (SSSR count). The molecule has 182 valence electrons. The number of nitrogens with zero attached hydrogens (tertiary/aromatic N) is 2. The predicted molar refractivity (Wildman–Crippen MR) is 121 cm³/mol. The second-order valence-corrected chi connectivity index (χ2v) is 9.22. The fraction of sp³-hybridized carbons (Fsp3) is 0.440. The standard InChI is InChI=1S/C25H28F3N3O3/c1-24(34,25(26,27)28)18-6-2-17(3-7-18)23(33)31(20-10-11-20)21-12-14-30(15-13-21)19-8-4-16(5-9-19)22(29)32/h2-9,20-21,34H,10-15H2,1H3,(H2,29,32)/t24-/m0/s1. The van der Waals surface area contributed by atoms with Crippen molar-refractivity contribution in [1.29, 1.82) is 0 Å². The lowest BCUT2D eigenvalue weighted by atomic mass is 9.94. The van der Waals surface area contributed by atoms with Crippen molar-refractivity contribution in [1.82, 2.24) is 4.90 Å². The average Bonchev–Trinajstić information content (AvgIpc) is 3.64. The molecule has 3 N–H and O–H groups in total. The summed E-state index contributed by atoms with van der Waals surface area (Å²) in [7, 11) is 0. The largest absolute Gasteiger partial charge is 0.421 e. The summed E-state index contributed by atoms with van der Waals surface area (Å²) in [5.74, 6) is -0.663. The molecule has 1 saturated carbocycles. The van der Waals surface area contributed by atoms with Crippen LogP contribution in [0.1, 0.15) is 58.9 Å². The van der Waals surface area contributed by atoms with Crippen molar-refractivity contribution in [2.45, 2.75) is 56.5 Å². The van der Waals surface area contributed by atoms with E-state index in [2.05, 4.69) is 4.90 Å². The molecule has 0 bridgehead atoms. The monoisotopic (exact) mass is 475 g/mol. The average molecular weight is 476 g/mol. The predicted octanol–water partition coefficient (Wildman–Crippen LogP) is 3.83. The topological polar surface area (TPSA) is 86.9 Å². The highest BCUT2D eigenvalue weighted by Crippen LogP contribution is 2.39. The third-order valence-electron chi connectivity index (χ3n) is 6.80. The normalized spacial score (nSPS) is 18.9. The zero-order chi connectivity index (χ0) is 24.7. The second-order valence-electron chi connectivity index (χ2n) is 9.22. The van der Waals surface area contributed by atoms with E-state index < -0.39 is 17.7 Å². The number of piperidine rings is 1. The van der Waals surface area contributed by atoms with Crippen molar-refractivity contribution in [2.24, 2.45) is 5.73 Å². The van der Waals surface area contributed by atoms with Crippen molar-refractivity contribution >= 4 is 17.5 Å². The molecule has 1 saturated heterocycles. The minimum atomic E-state index is -4.81. The number of aliphatic hydroxyl groups is 1. The summed E-state index contributed by atoms with van der Waals surface area (Å²) in [6, 6.07) is 12.4. The number of halogens is 3. The van der Waals surface area contributed by atoms with Crippen LogP contribution in [0.2, 0.25) is 0 Å². The van der Waals surface area contributed by atoms with Crippen molar-refractivity contribution in [2.75, 3.05) is 18.0 Å². The number of hydrogen-bond acceptors (Lipinski definition) is 4. The molecule has 1 aliphatic heterocycles. The van der Waals surface area contributed by atoms with Gasteiger partial charge in [-0.3, -0.25) is 9.59 Å². The van der Waals surface area contributed by atoms with Gasteiger partial charge in [0.05, 0.1) is 0 Å². The molecule has 1 aliphatic carbocycles. The number of alkyl halides is 3. The summed E-state index contributed by atoms with van der Waals surface area (Å²) in [4.78, 5) is 28.7. The van der Waals surface area contributed by atoms with Gasteiger partial charge >= 0.3 is 6.18 Å². The van der Waals surface area contributed by atoms with Gasteiger partial charge in [-0.05, 0) is 74.6 Å². The number of anilines is 1. The molecule has 34 heavy (non-hydrogen) atoms. The smallest absolute Gasteiger partial charge is 0.376 e. The summed E-state index contributed by atoms with van der Waals surface area (Å²) in [6.07, 6.45) is -1.45. The molecule has 2 aromatic carbocycles. The Balaban J connectivity index is 1.44. The fourth-order valence-corrected chi connectivity index (χ4v) is 4.47. The van der Waals surface area contributed by atoms with Gasteiger partial charge in [0.15, 0.2) is 5.60 Å². The molecule has 2 aliphatic rings. The van der Waals surface area contributed by atoms with Gasteiger partial charge in [-0.2, -0.15) is 13.2 Å². The molecule has 2 fully saturated rings. The summed E-state index contributed by atoms with van der Waals surface area (Å²) in [5.41, 5.74) is 3.78. The maximum Gasteiger partial charge on any atom is 0.421 e. The van der Waals surface area contributed by atoms with E-state index in [1.807, 2.05) is 17.0 Å². The van der Waals surface area contributed by atoms with E-state index in [1.165, 1.54) is 24.3 Å². The first-order valence-electron chi connectivity index (χ1n) is 11.4. The van der Waals surface area contributed by atoms with Crippen molar-refractivity contribution in [3.05, 3.63) is 65.2 Å². The molecular formula is C25H28F3N3O3. The van der Waals surface area contributed by atoms with E-state index >= 15 is 0 Å². The van der Waals surface area contributed by atoms with Gasteiger partial charge in [-0.25, -0.2) is 0 Å². The minimum absolute atomic E-state index is 0.0408. The Labute approximate surface area is 196 Å². The molecule has 2 amide bonds. The molecule has 2 aromatic rings. The van der Waals surface area contributed by atoms with Crippen LogP contribution in [0.3, 0.4) is 0 Å². The number of nitrogens with two attached hydrogens (primary N) is 1. The lowest BCUT2D eigenvalue weighted by Gasteiger charge is -2.40. The molecule has 0 aromatic heterocycles. The van der Waals surface area contributed by atoms with Crippen molar-refractivity contribution < 1.29 is 27.9 Å². The van der Waals surface area contributed by atoms with Gasteiger partial charge in [-0.1, -0.05) is 12.1 Å². The van der Waals surface area contributed by atoms with Crippen LogP contribution in [0.4, 0.5) is 18.9 Å². The zero-order valence-electron chi connectivity index (χ0n) is 18.9. The number of rotatable bonds is 6. The van der Waals surface area contributed by atoms with E-state index in [-0.39, 0.29) is 23.6 Å². The summed E-state index contributed by atoms with van der Waals surface area (Å²) in [5, 5.41) is 9.88. The highest BCUT2D eigenvalue weighted by Gasteiger charge is 2.51. The Kier molecular flexibility index (Phi) is 6.33. The Morgan fingerprint density at radius 3 is 1.88 bits per heavy atom. The number of benzene rings is 2. The van der Waals surface area contributed by atoms with Crippen molar-refractivity contribution in [3.8, 4) is 0 Å². The maximum atomic E-state index is 13.3. The first-order chi connectivity index (χ1) is 16.0. The third-order valence-corrected chi connectivity index (χ3v) is 6.80. The number of primary amides is 1. The molecule has 0 radical (unpaired) electrons. The fourth-order valence-electron chi connectivity index (χ4n) is 4.47. The number of hydrogen-bond donors (Lipinski definition) is 2. The lowest BCUT2D eigenvalue weighted by molar-refractivity contribution is -0.258. The number of carbonyl (C=O) groups is 2. The number of amides is 2. The molecule has 6 nitrogen and oxygen atoms in total. The number of carbonyl (C=O) groups excluding carboxylic acids is 2. The molecule has 0 unspecified atom stereocenters. The van der Waals surface area contributed by atoms with Crippen LogP contribution in [-0.4, -0.2) is 53.2 Å². The Hall–Kier alpha value is -3.07. The van der Waals surface area contributed by atoms with Crippen LogP contribution >= 0.6 is 0 Å². The van der Waals surface area contributed by atoms with Gasteiger partial charge in [0.1, 0.15) is 0 Å². The maximum absolute atomic E-state index is 13.3. The molecule has 1 atom stereocenters. The van der Waals surface area contributed by atoms with Gasteiger partial charge in [0.2, 0.25) is 5.91 Å². The Bertz CT molecular complexity index is 1040. The van der Waals surface area contributed by atoms with E-state index in [0.29, 0.717) is 18.1 Å². The van der Waals surface area contributed by atoms with E-state index in [0.717, 1.165) is 44.5 Å². The van der Waals surface area contributed by atoms with Crippen LogP contribution in [-0.2, 0) is 5.60 Å². The second kappa shape index (κ2) is 8.94. The van der Waals surface area contributed by atoms with E-state index in [1.54, 1.807) is 12.1 Å². The quantitative estimate of drug-likeness (QED) is 0.665. The zero-order valence-corrected chi connectivity index (χ0v) is 18.9. The first-order valence-corrected chi connectivity index (χ1v) is 11.4. The van der Waals surface area contributed by atoms with Crippen LogP contribution in [0.15, 0.2) is 48.5 Å². The van der Waals surface area contributed by atoms with Gasteiger partial charge in [-0.15, -0.1) is 0 Å². The van der Waals surface area contributed by atoms with Crippen LogP contribution in [0, 0.1) is 0 Å². The Morgan fingerprint density at radius 1 is 0.912 bits per heavy atom. The summed E-state index contributed by atoms with van der Waals surface area (Å²) >= 11 is 0. The van der Waals surface area contributed by atoms with E-state index in [9.17, 15) is 27.9 Å². The van der Waals surface area contributed by atoms with Crippen LogP contribution < -0.4 is 10.6 Å². The Morgan fingerprint density at radius 2 is 1.41 bits per heavy atom. The SMILES string of the molecule is C[C@](O)(c1ccc(C(=O)N(C2CC2)C2CCN(c3ccc(C(N)=O)cc3)CC2)cc1)C(F)(F)F. The highest BCUT2D eigenvalue weighted by molar-refractivity contribution is 5.95. The molecule has 9 heteroatoms. The highest BCUT2D eigenvalue weighted by atomic mass is 19.4. The summed E-state index contributed by atoms with van der Waals surface area (Å²) < 4.78 is 39.4. The summed E-state index contributed by atoms with van der Waals surface area (Å²) in [6.45, 7) is 2.19. The first kappa shape index (κ1) is 24.1.